The summed E-state index contributed by atoms with van der Waals surface area (Å²) in [5, 5.41) is 16.8. The monoisotopic (exact) mass is 407 g/mol. The first kappa shape index (κ1) is 22.7. The van der Waals surface area contributed by atoms with Crippen molar-refractivity contribution < 1.29 is 0 Å². The van der Waals surface area contributed by atoms with E-state index in [9.17, 15) is 5.26 Å². The second-order valence-corrected chi connectivity index (χ2v) is 7.94. The summed E-state index contributed by atoms with van der Waals surface area (Å²) >= 11 is 6.55. The fraction of sp³-hybridized carbons (Fsp3) is 0.320. The number of aryl methyl sites for hydroxylation is 2. The molecule has 0 bridgehead atoms. The number of nitrogens with zero attached hydrogens (tertiary/aromatic N) is 1. The van der Waals surface area contributed by atoms with E-state index in [4.69, 9.17) is 11.6 Å². The lowest BCUT2D eigenvalue weighted by Gasteiger charge is -2.22. The molecule has 29 heavy (non-hydrogen) atoms. The van der Waals surface area contributed by atoms with Gasteiger partial charge >= 0.3 is 0 Å². The highest BCUT2D eigenvalue weighted by Gasteiger charge is 2.14. The van der Waals surface area contributed by atoms with Crippen LogP contribution in [0.1, 0.15) is 41.5 Å². The Morgan fingerprint density at radius 3 is 2.55 bits per heavy atom. The highest BCUT2D eigenvalue weighted by atomic mass is 35.5. The van der Waals surface area contributed by atoms with Crippen LogP contribution in [0.25, 0.3) is 5.70 Å². The summed E-state index contributed by atoms with van der Waals surface area (Å²) < 4.78 is 0. The molecule has 0 saturated carbocycles. The van der Waals surface area contributed by atoms with Gasteiger partial charge in [0.25, 0.3) is 0 Å². The lowest BCUT2D eigenvalue weighted by molar-refractivity contribution is 0.625. The molecule has 0 saturated heterocycles. The standard InChI is InChI=1S/C25H30ClN3/c1-17(2)25(16-28-5)29-19(4)23-12-10-20(14-24(23)26)9-11-22(15-27)21-8-6-7-18(3)13-21/h6-8,10,12-14,22,25,28-29H,1,4,9,11,16H2,2-3,5H3. The molecule has 2 N–H and O–H groups in total. The number of benzene rings is 2. The normalized spacial score (nSPS) is 12.7. The maximum absolute atomic E-state index is 9.58. The third kappa shape index (κ3) is 6.49. The van der Waals surface area contributed by atoms with Crippen LogP contribution in [0.3, 0.4) is 0 Å². The fourth-order valence-corrected chi connectivity index (χ4v) is 3.62. The minimum atomic E-state index is -0.122. The highest BCUT2D eigenvalue weighted by molar-refractivity contribution is 6.32. The van der Waals surface area contributed by atoms with Crippen LogP contribution >= 0.6 is 11.6 Å². The molecule has 4 heteroatoms. The quantitative estimate of drug-likeness (QED) is 0.503. The number of rotatable bonds is 10. The van der Waals surface area contributed by atoms with Crippen LogP contribution in [0.4, 0.5) is 0 Å². The lowest BCUT2D eigenvalue weighted by atomic mass is 9.92. The molecular formula is C25H30ClN3. The van der Waals surface area contributed by atoms with E-state index in [-0.39, 0.29) is 12.0 Å². The maximum Gasteiger partial charge on any atom is 0.0716 e. The lowest BCUT2D eigenvalue weighted by Crippen LogP contribution is -2.37. The zero-order valence-corrected chi connectivity index (χ0v) is 18.3. The molecule has 0 aliphatic carbocycles. The Balaban J connectivity index is 2.06. The summed E-state index contributed by atoms with van der Waals surface area (Å²) in [6.45, 7) is 13.0. The van der Waals surface area contributed by atoms with Crippen LogP contribution in [0.5, 0.6) is 0 Å². The average Bonchev–Trinajstić information content (AvgIpc) is 2.68. The Bertz CT molecular complexity index is 911. The van der Waals surface area contributed by atoms with Crippen molar-refractivity contribution in [3.05, 3.63) is 88.5 Å². The summed E-state index contributed by atoms with van der Waals surface area (Å²) in [5.74, 6) is -0.122. The van der Waals surface area contributed by atoms with Gasteiger partial charge in [-0.1, -0.05) is 72.3 Å². The Hall–Kier alpha value is -2.54. The van der Waals surface area contributed by atoms with E-state index in [1.807, 2.05) is 51.2 Å². The van der Waals surface area contributed by atoms with Crippen LogP contribution in [-0.4, -0.2) is 19.6 Å². The molecule has 2 unspecified atom stereocenters. The van der Waals surface area contributed by atoms with Crippen molar-refractivity contribution in [2.75, 3.05) is 13.6 Å². The van der Waals surface area contributed by atoms with Crippen molar-refractivity contribution >= 4 is 17.3 Å². The van der Waals surface area contributed by atoms with Gasteiger partial charge in [0.05, 0.1) is 23.1 Å². The molecule has 152 valence electrons. The first-order valence-corrected chi connectivity index (χ1v) is 10.2. The van der Waals surface area contributed by atoms with Gasteiger partial charge in [0.15, 0.2) is 0 Å². The van der Waals surface area contributed by atoms with Gasteiger partial charge in [-0.25, -0.2) is 0 Å². The third-order valence-corrected chi connectivity index (χ3v) is 5.34. The van der Waals surface area contributed by atoms with E-state index in [2.05, 4.69) is 42.0 Å². The molecule has 3 nitrogen and oxygen atoms in total. The Labute approximate surface area is 180 Å². The average molecular weight is 408 g/mol. The fourth-order valence-electron chi connectivity index (χ4n) is 3.30. The molecule has 2 rings (SSSR count). The summed E-state index contributed by atoms with van der Waals surface area (Å²) in [5.41, 5.74) is 6.06. The molecule has 0 aliphatic rings. The second-order valence-electron chi connectivity index (χ2n) is 7.53. The SMILES string of the molecule is C=C(NC(CNC)C(=C)C)c1ccc(CCC(C#N)c2cccc(C)c2)cc1Cl. The van der Waals surface area contributed by atoms with Crippen molar-refractivity contribution in [3.8, 4) is 6.07 Å². The van der Waals surface area contributed by atoms with Gasteiger partial charge < -0.3 is 10.6 Å². The van der Waals surface area contributed by atoms with Gasteiger partial charge in [-0.2, -0.15) is 5.26 Å². The summed E-state index contributed by atoms with van der Waals surface area (Å²) in [6, 6.07) is 16.7. The van der Waals surface area contributed by atoms with Crippen molar-refractivity contribution in [2.45, 2.75) is 38.6 Å². The topological polar surface area (TPSA) is 47.8 Å². The van der Waals surface area contributed by atoms with Gasteiger partial charge in [0, 0.05) is 17.8 Å². The molecule has 2 aromatic carbocycles. The number of nitrogens with one attached hydrogen (secondary N) is 2. The molecule has 0 aromatic heterocycles. The van der Waals surface area contributed by atoms with Crippen molar-refractivity contribution in [1.29, 1.82) is 5.26 Å². The molecule has 0 heterocycles. The Morgan fingerprint density at radius 1 is 1.21 bits per heavy atom. The largest absolute Gasteiger partial charge is 0.377 e. The van der Waals surface area contributed by atoms with Crippen molar-refractivity contribution in [2.24, 2.45) is 0 Å². The zero-order chi connectivity index (χ0) is 21.4. The van der Waals surface area contributed by atoms with Crippen molar-refractivity contribution in [3.63, 3.8) is 0 Å². The molecule has 0 fully saturated rings. The van der Waals surface area contributed by atoms with Gasteiger partial charge in [-0.15, -0.1) is 0 Å². The van der Waals surface area contributed by atoms with E-state index in [1.165, 1.54) is 5.56 Å². The maximum atomic E-state index is 9.58. The first-order valence-electron chi connectivity index (χ1n) is 9.86. The van der Waals surface area contributed by atoms with Gasteiger partial charge in [0.2, 0.25) is 0 Å². The summed E-state index contributed by atoms with van der Waals surface area (Å²) in [4.78, 5) is 0. The zero-order valence-electron chi connectivity index (χ0n) is 17.6. The predicted molar refractivity (Wildman–Crippen MR) is 124 cm³/mol. The van der Waals surface area contributed by atoms with Crippen LogP contribution in [0.2, 0.25) is 5.02 Å². The Kier molecular flexibility index (Phi) is 8.51. The smallest absolute Gasteiger partial charge is 0.0716 e. The third-order valence-electron chi connectivity index (χ3n) is 5.03. The van der Waals surface area contributed by atoms with Crippen LogP contribution in [0, 0.1) is 18.3 Å². The molecule has 2 atom stereocenters. The highest BCUT2D eigenvalue weighted by Crippen LogP contribution is 2.27. The summed E-state index contributed by atoms with van der Waals surface area (Å²) in [6.07, 6.45) is 1.55. The van der Waals surface area contributed by atoms with Gasteiger partial charge in [0.1, 0.15) is 0 Å². The molecule has 0 radical (unpaired) electrons. The van der Waals surface area contributed by atoms with Crippen molar-refractivity contribution in [1.82, 2.24) is 10.6 Å². The summed E-state index contributed by atoms with van der Waals surface area (Å²) in [7, 11) is 1.91. The number of hydrogen-bond donors (Lipinski definition) is 2. The number of hydrogen-bond acceptors (Lipinski definition) is 3. The van der Waals surface area contributed by atoms with E-state index in [1.54, 1.807) is 0 Å². The number of halogens is 1. The van der Waals surface area contributed by atoms with Gasteiger partial charge in [-0.05, 0) is 50.9 Å². The Morgan fingerprint density at radius 2 is 1.97 bits per heavy atom. The number of nitriles is 1. The van der Waals surface area contributed by atoms with Gasteiger partial charge in [-0.3, -0.25) is 0 Å². The molecule has 0 amide bonds. The molecule has 2 aromatic rings. The molecular weight excluding hydrogens is 378 g/mol. The van der Waals surface area contributed by atoms with E-state index >= 15 is 0 Å². The minimum absolute atomic E-state index is 0.0916. The minimum Gasteiger partial charge on any atom is -0.377 e. The van der Waals surface area contributed by atoms with E-state index < -0.39 is 0 Å². The van der Waals surface area contributed by atoms with E-state index in [0.717, 1.165) is 47.3 Å². The van der Waals surface area contributed by atoms with Crippen LogP contribution < -0.4 is 10.6 Å². The number of likely N-dealkylation sites (N-methyl/N-ethyl adjacent to an activating group) is 1. The second kappa shape index (κ2) is 10.9. The van der Waals surface area contributed by atoms with Crippen LogP contribution in [0.15, 0.2) is 61.2 Å². The van der Waals surface area contributed by atoms with E-state index in [0.29, 0.717) is 5.02 Å². The predicted octanol–water partition coefficient (Wildman–Crippen LogP) is 5.61. The first-order chi connectivity index (χ1) is 13.8. The molecule has 0 aliphatic heterocycles. The molecule has 0 spiro atoms. The van der Waals surface area contributed by atoms with Crippen LogP contribution in [-0.2, 0) is 6.42 Å².